The molecular formula is C32H36N2O4. The molecule has 0 saturated carbocycles. The first-order valence-electron chi connectivity index (χ1n) is 12.7. The zero-order chi connectivity index (χ0) is 28.1. The Kier molecular flexibility index (Phi) is 8.79. The van der Waals surface area contributed by atoms with Gasteiger partial charge in [-0.3, -0.25) is 4.79 Å². The number of nitrogens with zero attached hydrogens (tertiary/aromatic N) is 1. The molecule has 0 spiro atoms. The molecule has 0 saturated heterocycles. The number of carboxylic acids is 1. The molecular weight excluding hydrogens is 476 g/mol. The van der Waals surface area contributed by atoms with Crippen molar-refractivity contribution in [1.82, 2.24) is 4.90 Å². The first-order chi connectivity index (χ1) is 18.0. The molecule has 4 rings (SSSR count). The molecule has 0 aliphatic heterocycles. The first-order valence-corrected chi connectivity index (χ1v) is 12.7. The van der Waals surface area contributed by atoms with Gasteiger partial charge in [0.1, 0.15) is 11.3 Å². The van der Waals surface area contributed by atoms with Crippen molar-refractivity contribution in [3.63, 3.8) is 0 Å². The van der Waals surface area contributed by atoms with Crippen LogP contribution < -0.4 is 21.2 Å². The van der Waals surface area contributed by atoms with Gasteiger partial charge >= 0.3 is 5.97 Å². The number of aromatic carboxylic acids is 1. The van der Waals surface area contributed by atoms with Crippen LogP contribution in [0.5, 0.6) is 0 Å². The summed E-state index contributed by atoms with van der Waals surface area (Å²) >= 11 is 0. The van der Waals surface area contributed by atoms with Gasteiger partial charge in [0.05, 0.1) is 17.0 Å². The molecule has 4 aromatic rings. The summed E-state index contributed by atoms with van der Waals surface area (Å²) in [4.78, 5) is 26.9. The third-order valence-electron chi connectivity index (χ3n) is 6.19. The van der Waals surface area contributed by atoms with Crippen LogP contribution in [-0.2, 0) is 0 Å². The summed E-state index contributed by atoms with van der Waals surface area (Å²) in [5.74, 6) is -0.546. The molecule has 1 unspecified atom stereocenters. The van der Waals surface area contributed by atoms with E-state index in [1.807, 2.05) is 84.1 Å². The molecule has 2 N–H and O–H groups in total. The summed E-state index contributed by atoms with van der Waals surface area (Å²) in [6.07, 6.45) is 1.98. The van der Waals surface area contributed by atoms with Gasteiger partial charge < -0.3 is 19.7 Å². The molecule has 198 valence electrons. The van der Waals surface area contributed by atoms with Crippen LogP contribution in [0.2, 0.25) is 0 Å². The van der Waals surface area contributed by atoms with Gasteiger partial charge in [-0.2, -0.15) is 0 Å². The second-order valence-electron chi connectivity index (χ2n) is 9.38. The Morgan fingerprint density at radius 1 is 1.08 bits per heavy atom. The van der Waals surface area contributed by atoms with Crippen molar-refractivity contribution in [3.8, 4) is 11.3 Å². The normalized spacial score (nSPS) is 12.0. The van der Waals surface area contributed by atoms with Crippen molar-refractivity contribution >= 4 is 35.4 Å². The second-order valence-corrected chi connectivity index (χ2v) is 9.38. The highest BCUT2D eigenvalue weighted by Gasteiger charge is 2.18. The average Bonchev–Trinajstić information content (AvgIpc) is 2.87. The minimum Gasteiger partial charge on any atom is -0.478 e. The zero-order valence-electron chi connectivity index (χ0n) is 23.2. The Labute approximate surface area is 223 Å². The van der Waals surface area contributed by atoms with Crippen LogP contribution in [0.25, 0.3) is 35.1 Å². The van der Waals surface area contributed by atoms with E-state index in [0.717, 1.165) is 32.7 Å². The summed E-state index contributed by atoms with van der Waals surface area (Å²) in [5.41, 5.74) is 4.48. The maximum absolute atomic E-state index is 13.2. The van der Waals surface area contributed by atoms with Crippen molar-refractivity contribution < 1.29 is 14.3 Å². The molecule has 0 fully saturated rings. The van der Waals surface area contributed by atoms with Gasteiger partial charge in [0.15, 0.2) is 5.43 Å². The summed E-state index contributed by atoms with van der Waals surface area (Å²) in [5, 5.41) is 15.2. The molecule has 6 heteroatoms. The molecule has 0 radical (unpaired) electrons. The number of carbonyl (C=O) groups is 1. The summed E-state index contributed by atoms with van der Waals surface area (Å²) in [7, 11) is 3.90. The predicted molar refractivity (Wildman–Crippen MR) is 157 cm³/mol. The Morgan fingerprint density at radius 2 is 1.76 bits per heavy atom. The van der Waals surface area contributed by atoms with Crippen LogP contribution in [0, 0.1) is 13.8 Å². The number of rotatable bonds is 6. The van der Waals surface area contributed by atoms with Gasteiger partial charge in [-0.05, 0) is 72.7 Å². The van der Waals surface area contributed by atoms with Crippen LogP contribution in [0.3, 0.4) is 0 Å². The average molecular weight is 513 g/mol. The quantitative estimate of drug-likeness (QED) is 0.346. The molecule has 0 bridgehead atoms. The highest BCUT2D eigenvalue weighted by molar-refractivity contribution is 5.94. The molecule has 3 aromatic carbocycles. The van der Waals surface area contributed by atoms with Crippen molar-refractivity contribution in [2.24, 2.45) is 0 Å². The lowest BCUT2D eigenvalue weighted by atomic mass is 9.99. The lowest BCUT2D eigenvalue weighted by molar-refractivity contribution is 0.0698. The number of carboxylic acid groups (broad SMARTS) is 1. The summed E-state index contributed by atoms with van der Waals surface area (Å²) in [6, 6.07) is 15.7. The molecule has 38 heavy (non-hydrogen) atoms. The van der Waals surface area contributed by atoms with Gasteiger partial charge in [-0.25, -0.2) is 4.79 Å². The van der Waals surface area contributed by atoms with Crippen LogP contribution in [0.1, 0.15) is 53.9 Å². The molecule has 0 aliphatic carbocycles. The van der Waals surface area contributed by atoms with Crippen LogP contribution in [0.4, 0.5) is 5.69 Å². The highest BCUT2D eigenvalue weighted by Crippen LogP contribution is 2.31. The van der Waals surface area contributed by atoms with Crippen LogP contribution in [0.15, 0.2) is 63.8 Å². The van der Waals surface area contributed by atoms with Gasteiger partial charge in [-0.1, -0.05) is 38.6 Å². The minimum absolute atomic E-state index is 0.135. The molecule has 1 aromatic heterocycles. The van der Waals surface area contributed by atoms with Gasteiger partial charge in [-0.15, -0.1) is 0 Å². The first kappa shape index (κ1) is 28.3. The number of hydrogen-bond donors (Lipinski definition) is 2. The van der Waals surface area contributed by atoms with Crippen LogP contribution >= 0.6 is 0 Å². The number of fused-ring (bicyclic) bond motifs is 1. The topological polar surface area (TPSA) is 82.8 Å². The molecule has 0 amide bonds. The minimum atomic E-state index is -1.01. The standard InChI is InChI=1S/C30H30N2O4.C2H6/c1-17-11-24(20(4)31-26-10-8-7-9-23(26)30(34)35)29-25(12-17)27(33)15-28(36-29)21-13-18(2)19(3)22(14-21)16-32(5)6;1-2/h7-16,20,31H,3H2,1-2,4-6H3,(H,34,35);1-2H3/b22-16-;. The maximum atomic E-state index is 13.2. The van der Waals surface area contributed by atoms with E-state index in [4.69, 9.17) is 4.42 Å². The lowest BCUT2D eigenvalue weighted by Crippen LogP contribution is -2.28. The van der Waals surface area contributed by atoms with E-state index in [-0.39, 0.29) is 17.0 Å². The van der Waals surface area contributed by atoms with E-state index in [1.165, 1.54) is 6.07 Å². The highest BCUT2D eigenvalue weighted by atomic mass is 16.4. The van der Waals surface area contributed by atoms with Crippen molar-refractivity contribution in [2.75, 3.05) is 19.4 Å². The monoisotopic (exact) mass is 512 g/mol. The van der Waals surface area contributed by atoms with E-state index in [2.05, 4.69) is 11.9 Å². The van der Waals surface area contributed by atoms with E-state index < -0.39 is 5.97 Å². The number of para-hydroxylation sites is 1. The molecule has 0 aliphatic rings. The summed E-state index contributed by atoms with van der Waals surface area (Å²) in [6.45, 7) is 14.0. The fourth-order valence-electron chi connectivity index (χ4n) is 4.38. The number of aryl methyl sites for hydroxylation is 2. The predicted octanol–water partition coefficient (Wildman–Crippen LogP) is 5.68. The fraction of sp³-hybridized carbons (Fsp3) is 0.250. The molecule has 6 nitrogen and oxygen atoms in total. The van der Waals surface area contributed by atoms with Crippen molar-refractivity contribution in [1.29, 1.82) is 0 Å². The van der Waals surface area contributed by atoms with Crippen LogP contribution in [-0.4, -0.2) is 30.1 Å². The Bertz CT molecular complexity index is 1650. The molecule has 1 heterocycles. The van der Waals surface area contributed by atoms with Crippen molar-refractivity contribution in [2.45, 2.75) is 40.7 Å². The maximum Gasteiger partial charge on any atom is 0.337 e. The number of anilines is 1. The number of benzene rings is 3. The third kappa shape index (κ3) is 5.97. The van der Waals surface area contributed by atoms with Gasteiger partial charge in [0.25, 0.3) is 0 Å². The second kappa shape index (κ2) is 11.8. The zero-order valence-corrected chi connectivity index (χ0v) is 23.2. The smallest absolute Gasteiger partial charge is 0.337 e. The van der Waals surface area contributed by atoms with Gasteiger partial charge in [0.2, 0.25) is 0 Å². The van der Waals surface area contributed by atoms with E-state index >= 15 is 0 Å². The third-order valence-corrected chi connectivity index (χ3v) is 6.19. The SMILES string of the molecule is C=c1c(C)cc(-c2cc(=O)c3cc(C)cc(C(C)Nc4ccccc4C(=O)O)c3o2)c/c1=C/N(C)C.CC. The fourth-order valence-corrected chi connectivity index (χ4v) is 4.38. The largest absolute Gasteiger partial charge is 0.478 e. The Balaban J connectivity index is 0.00000195. The Morgan fingerprint density at radius 3 is 2.42 bits per heavy atom. The van der Waals surface area contributed by atoms with E-state index in [0.29, 0.717) is 22.4 Å². The van der Waals surface area contributed by atoms with E-state index in [9.17, 15) is 14.7 Å². The van der Waals surface area contributed by atoms with Crippen molar-refractivity contribution in [3.05, 3.63) is 97.5 Å². The number of hydrogen-bond acceptors (Lipinski definition) is 5. The Hall–Kier alpha value is -4.32. The molecule has 1 atom stereocenters. The van der Waals surface area contributed by atoms with Gasteiger partial charge in [0, 0.05) is 43.2 Å². The lowest BCUT2D eigenvalue weighted by Gasteiger charge is -2.19. The van der Waals surface area contributed by atoms with E-state index in [1.54, 1.807) is 24.3 Å². The summed E-state index contributed by atoms with van der Waals surface area (Å²) < 4.78 is 6.40. The number of nitrogens with one attached hydrogen (secondary N) is 1.